The molecule has 2 aromatic rings. The Labute approximate surface area is 108 Å². The Kier molecular flexibility index (Phi) is 3.23. The van der Waals surface area contributed by atoms with Crippen molar-refractivity contribution >= 4 is 25.5 Å². The largest absolute Gasteiger partial charge is 0.340 e. The molecule has 0 bridgehead atoms. The lowest BCUT2D eigenvalue weighted by Crippen LogP contribution is -1.99. The molecule has 0 saturated heterocycles. The number of nitrogens with zero attached hydrogens (tertiary/aromatic N) is 2. The molecular weight excluding hydrogens is 276 g/mol. The third kappa shape index (κ3) is 2.44. The van der Waals surface area contributed by atoms with E-state index in [0.717, 1.165) is 0 Å². The number of aryl methyl sites for hydroxylation is 1. The van der Waals surface area contributed by atoms with E-state index in [1.165, 1.54) is 36.3 Å². The van der Waals surface area contributed by atoms with Gasteiger partial charge in [-0.25, -0.2) is 8.42 Å². The fraction of sp³-hybridized carbons (Fsp3) is 0.0909. The summed E-state index contributed by atoms with van der Waals surface area (Å²) < 4.78 is 23.8. The number of rotatable bonds is 3. The molecule has 0 aromatic carbocycles. The molecule has 5 nitrogen and oxygen atoms in total. The number of pyridine rings is 1. The smallest absolute Gasteiger partial charge is 0.276 e. The minimum Gasteiger partial charge on any atom is -0.340 e. The highest BCUT2D eigenvalue weighted by molar-refractivity contribution is 8.13. The molecule has 0 spiro atoms. The molecule has 0 amide bonds. The van der Waals surface area contributed by atoms with Crippen LogP contribution in [0.2, 0.25) is 0 Å². The van der Waals surface area contributed by atoms with Gasteiger partial charge in [-0.05, 0) is 18.2 Å². The molecule has 2 heterocycles. The second-order valence-electron chi connectivity index (χ2n) is 3.68. The molecule has 0 fully saturated rings. The van der Waals surface area contributed by atoms with E-state index in [0.29, 0.717) is 5.56 Å². The number of ketones is 1. The summed E-state index contributed by atoms with van der Waals surface area (Å²) in [6, 6.07) is 4.37. The van der Waals surface area contributed by atoms with Crippen LogP contribution in [0, 0.1) is 0 Å². The molecule has 0 radical (unpaired) electrons. The first-order chi connectivity index (χ1) is 8.39. The zero-order valence-corrected chi connectivity index (χ0v) is 10.9. The minimum atomic E-state index is -3.86. The predicted molar refractivity (Wildman–Crippen MR) is 66.1 cm³/mol. The third-order valence-corrected chi connectivity index (χ3v) is 3.79. The van der Waals surface area contributed by atoms with Crippen LogP contribution in [0.5, 0.6) is 0 Å². The van der Waals surface area contributed by atoms with Crippen LogP contribution in [0.1, 0.15) is 15.9 Å². The molecule has 18 heavy (non-hydrogen) atoms. The van der Waals surface area contributed by atoms with Gasteiger partial charge in [-0.3, -0.25) is 9.78 Å². The number of carbonyl (C=O) groups excluding carboxylic acids is 1. The van der Waals surface area contributed by atoms with Crippen molar-refractivity contribution < 1.29 is 13.2 Å². The first-order valence-corrected chi connectivity index (χ1v) is 7.26. The molecule has 2 rings (SSSR count). The van der Waals surface area contributed by atoms with Gasteiger partial charge >= 0.3 is 0 Å². The van der Waals surface area contributed by atoms with Crippen molar-refractivity contribution in [3.8, 4) is 0 Å². The lowest BCUT2D eigenvalue weighted by molar-refractivity contribution is 0.103. The van der Waals surface area contributed by atoms with Crippen molar-refractivity contribution in [3.05, 3.63) is 47.9 Å². The molecule has 7 heteroatoms. The summed E-state index contributed by atoms with van der Waals surface area (Å²) >= 11 is 0. The lowest BCUT2D eigenvalue weighted by atomic mass is 10.1. The zero-order valence-electron chi connectivity index (χ0n) is 9.37. The van der Waals surface area contributed by atoms with Gasteiger partial charge in [-0.2, -0.15) is 0 Å². The highest BCUT2D eigenvalue weighted by Crippen LogP contribution is 2.19. The highest BCUT2D eigenvalue weighted by Gasteiger charge is 2.19. The fourth-order valence-electron chi connectivity index (χ4n) is 1.58. The zero-order chi connectivity index (χ0) is 13.3. The van der Waals surface area contributed by atoms with E-state index in [1.807, 2.05) is 0 Å². The van der Waals surface area contributed by atoms with Crippen LogP contribution < -0.4 is 0 Å². The standard InChI is InChI=1S/C11H9ClN2O3S/c1-14-7-9(6-10(14)18(12,16)17)11(15)8-2-4-13-5-3-8/h2-7H,1H3. The van der Waals surface area contributed by atoms with Gasteiger partial charge in [0.2, 0.25) is 0 Å². The van der Waals surface area contributed by atoms with Gasteiger partial charge in [0.15, 0.2) is 10.8 Å². The Hall–Kier alpha value is -1.66. The molecular formula is C11H9ClN2O3S. The predicted octanol–water partition coefficient (Wildman–Crippen LogP) is 1.58. The number of halogens is 1. The molecule has 0 atom stereocenters. The van der Waals surface area contributed by atoms with Gasteiger partial charge in [0.05, 0.1) is 0 Å². The molecule has 0 saturated carbocycles. The molecule has 0 aliphatic rings. The van der Waals surface area contributed by atoms with Crippen LogP contribution in [0.25, 0.3) is 0 Å². The van der Waals surface area contributed by atoms with Gasteiger partial charge in [-0.15, -0.1) is 0 Å². The van der Waals surface area contributed by atoms with Crippen molar-refractivity contribution in [2.75, 3.05) is 0 Å². The molecule has 0 unspecified atom stereocenters. The van der Waals surface area contributed by atoms with Gasteiger partial charge in [-0.1, -0.05) is 0 Å². The Morgan fingerprint density at radius 3 is 2.39 bits per heavy atom. The molecule has 2 aromatic heterocycles. The van der Waals surface area contributed by atoms with E-state index in [-0.39, 0.29) is 16.4 Å². The van der Waals surface area contributed by atoms with E-state index in [2.05, 4.69) is 4.98 Å². The van der Waals surface area contributed by atoms with E-state index in [4.69, 9.17) is 10.7 Å². The summed E-state index contributed by atoms with van der Waals surface area (Å²) in [6.45, 7) is 0. The van der Waals surface area contributed by atoms with Crippen molar-refractivity contribution in [3.63, 3.8) is 0 Å². The monoisotopic (exact) mass is 284 g/mol. The van der Waals surface area contributed by atoms with Gasteiger partial charge < -0.3 is 4.57 Å². The minimum absolute atomic E-state index is 0.110. The Morgan fingerprint density at radius 2 is 1.89 bits per heavy atom. The maximum atomic E-state index is 12.1. The number of hydrogen-bond donors (Lipinski definition) is 0. The Balaban J connectivity index is 2.46. The summed E-state index contributed by atoms with van der Waals surface area (Å²) in [5, 5.41) is -0.110. The number of aromatic nitrogens is 2. The molecule has 0 aliphatic heterocycles. The Morgan fingerprint density at radius 1 is 1.28 bits per heavy atom. The quantitative estimate of drug-likeness (QED) is 0.634. The summed E-state index contributed by atoms with van der Waals surface area (Å²) in [5.74, 6) is -0.278. The maximum Gasteiger partial charge on any atom is 0.276 e. The second-order valence-corrected chi connectivity index (χ2v) is 6.19. The van der Waals surface area contributed by atoms with Crippen LogP contribution in [0.4, 0.5) is 0 Å². The van der Waals surface area contributed by atoms with E-state index < -0.39 is 9.05 Å². The SMILES string of the molecule is Cn1cc(C(=O)c2ccncc2)cc1S(=O)(=O)Cl. The number of carbonyl (C=O) groups is 1. The summed E-state index contributed by atoms with van der Waals surface area (Å²) in [5.41, 5.74) is 0.706. The fourth-order valence-corrected chi connectivity index (χ4v) is 2.71. The molecule has 0 aliphatic carbocycles. The molecule has 94 valence electrons. The highest BCUT2D eigenvalue weighted by atomic mass is 35.7. The van der Waals surface area contributed by atoms with E-state index in [9.17, 15) is 13.2 Å². The first kappa shape index (κ1) is 12.8. The van der Waals surface area contributed by atoms with Crippen LogP contribution >= 0.6 is 10.7 Å². The van der Waals surface area contributed by atoms with Gasteiger partial charge in [0, 0.05) is 47.4 Å². The normalized spacial score (nSPS) is 11.4. The number of hydrogen-bond acceptors (Lipinski definition) is 4. The first-order valence-electron chi connectivity index (χ1n) is 4.95. The second kappa shape index (κ2) is 4.55. The Bertz CT molecular complexity index is 692. The van der Waals surface area contributed by atoms with Crippen LogP contribution in [0.3, 0.4) is 0 Å². The van der Waals surface area contributed by atoms with Crippen LogP contribution in [-0.2, 0) is 16.1 Å². The topological polar surface area (TPSA) is 69.0 Å². The van der Waals surface area contributed by atoms with E-state index in [1.54, 1.807) is 12.1 Å². The maximum absolute atomic E-state index is 12.1. The van der Waals surface area contributed by atoms with Crippen molar-refractivity contribution in [1.29, 1.82) is 0 Å². The summed E-state index contributed by atoms with van der Waals surface area (Å²) in [4.78, 5) is 15.9. The summed E-state index contributed by atoms with van der Waals surface area (Å²) in [6.07, 6.45) is 4.42. The summed E-state index contributed by atoms with van der Waals surface area (Å²) in [7, 11) is 2.91. The third-order valence-electron chi connectivity index (χ3n) is 2.41. The van der Waals surface area contributed by atoms with E-state index >= 15 is 0 Å². The average molecular weight is 285 g/mol. The van der Waals surface area contributed by atoms with Crippen LogP contribution in [0.15, 0.2) is 41.8 Å². The lowest BCUT2D eigenvalue weighted by Gasteiger charge is -1.96. The van der Waals surface area contributed by atoms with Gasteiger partial charge in [0.1, 0.15) is 0 Å². The van der Waals surface area contributed by atoms with Gasteiger partial charge in [0.25, 0.3) is 9.05 Å². The van der Waals surface area contributed by atoms with Crippen molar-refractivity contribution in [1.82, 2.24) is 9.55 Å². The molecule has 0 N–H and O–H groups in total. The average Bonchev–Trinajstić information content (AvgIpc) is 2.71. The van der Waals surface area contributed by atoms with Crippen molar-refractivity contribution in [2.45, 2.75) is 5.03 Å². The van der Waals surface area contributed by atoms with Crippen molar-refractivity contribution in [2.24, 2.45) is 7.05 Å². The van der Waals surface area contributed by atoms with Crippen LogP contribution in [-0.4, -0.2) is 23.8 Å².